The highest BCUT2D eigenvalue weighted by atomic mass is 79.9. The normalized spacial score (nSPS) is 16.0. The van der Waals surface area contributed by atoms with Gasteiger partial charge >= 0.3 is 0 Å². The molecule has 5 heteroatoms. The Hall–Kier alpha value is -0.160. The fourth-order valence-electron chi connectivity index (χ4n) is 1.52. The lowest BCUT2D eigenvalue weighted by atomic mass is 10.3. The standard InChI is InChI=1S/C10H16BrN3S/c1-7(2)14(6-5-11)10-12-9(13-15-10)8-3-4-8/h7-8H,3-6H2,1-2H3. The molecule has 1 aromatic heterocycles. The Morgan fingerprint density at radius 2 is 2.27 bits per heavy atom. The molecule has 15 heavy (non-hydrogen) atoms. The van der Waals surface area contributed by atoms with E-state index in [1.807, 2.05) is 0 Å². The fraction of sp³-hybridized carbons (Fsp3) is 0.800. The third-order valence-electron chi connectivity index (χ3n) is 2.57. The van der Waals surface area contributed by atoms with Crippen molar-refractivity contribution >= 4 is 32.6 Å². The second kappa shape index (κ2) is 4.78. The fourth-order valence-corrected chi connectivity index (χ4v) is 2.80. The molecule has 0 radical (unpaired) electrons. The van der Waals surface area contributed by atoms with E-state index in [-0.39, 0.29) is 0 Å². The molecule has 1 fully saturated rings. The van der Waals surface area contributed by atoms with Gasteiger partial charge in [0, 0.05) is 35.4 Å². The molecule has 0 aliphatic heterocycles. The van der Waals surface area contributed by atoms with Crippen molar-refractivity contribution < 1.29 is 0 Å². The van der Waals surface area contributed by atoms with E-state index in [1.165, 1.54) is 24.4 Å². The van der Waals surface area contributed by atoms with E-state index in [4.69, 9.17) is 0 Å². The van der Waals surface area contributed by atoms with Gasteiger partial charge < -0.3 is 4.90 Å². The molecule has 0 saturated heterocycles. The number of nitrogens with zero attached hydrogens (tertiary/aromatic N) is 3. The first-order valence-electron chi connectivity index (χ1n) is 5.38. The molecule has 0 atom stereocenters. The van der Waals surface area contributed by atoms with Crippen LogP contribution >= 0.6 is 27.5 Å². The summed E-state index contributed by atoms with van der Waals surface area (Å²) < 4.78 is 4.44. The first kappa shape index (κ1) is 11.3. The Bertz CT molecular complexity index is 322. The molecule has 1 aliphatic carbocycles. The van der Waals surface area contributed by atoms with Crippen molar-refractivity contribution in [2.75, 3.05) is 16.8 Å². The van der Waals surface area contributed by atoms with Crippen LogP contribution < -0.4 is 4.90 Å². The van der Waals surface area contributed by atoms with Crippen molar-refractivity contribution in [3.63, 3.8) is 0 Å². The van der Waals surface area contributed by atoms with Gasteiger partial charge in [0.25, 0.3) is 0 Å². The number of halogens is 1. The van der Waals surface area contributed by atoms with E-state index >= 15 is 0 Å². The molecule has 84 valence electrons. The first-order chi connectivity index (χ1) is 7.22. The Balaban J connectivity index is 2.10. The quantitative estimate of drug-likeness (QED) is 0.781. The van der Waals surface area contributed by atoms with E-state index in [2.05, 4.69) is 44.0 Å². The molecule has 0 bridgehead atoms. The zero-order valence-electron chi connectivity index (χ0n) is 9.11. The van der Waals surface area contributed by atoms with Crippen molar-refractivity contribution in [2.45, 2.75) is 38.6 Å². The van der Waals surface area contributed by atoms with Crippen molar-refractivity contribution in [3.05, 3.63) is 5.82 Å². The second-order valence-corrected chi connectivity index (χ2v) is 5.71. The molecular formula is C10H16BrN3S. The number of alkyl halides is 1. The zero-order chi connectivity index (χ0) is 10.8. The third kappa shape index (κ3) is 2.69. The van der Waals surface area contributed by atoms with E-state index in [0.717, 1.165) is 22.8 Å². The summed E-state index contributed by atoms with van der Waals surface area (Å²) in [5.74, 6) is 1.73. The SMILES string of the molecule is CC(C)N(CCBr)c1nc(C2CC2)ns1. The lowest BCUT2D eigenvalue weighted by Gasteiger charge is -2.24. The highest BCUT2D eigenvalue weighted by Gasteiger charge is 2.28. The molecule has 1 aliphatic rings. The van der Waals surface area contributed by atoms with Crippen molar-refractivity contribution in [2.24, 2.45) is 0 Å². The minimum absolute atomic E-state index is 0.488. The monoisotopic (exact) mass is 289 g/mol. The number of hydrogen-bond donors (Lipinski definition) is 0. The van der Waals surface area contributed by atoms with E-state index < -0.39 is 0 Å². The Kier molecular flexibility index (Phi) is 3.61. The first-order valence-corrected chi connectivity index (χ1v) is 7.28. The summed E-state index contributed by atoms with van der Waals surface area (Å²) in [6.45, 7) is 5.39. The summed E-state index contributed by atoms with van der Waals surface area (Å²) in [5, 5.41) is 2.05. The summed E-state index contributed by atoms with van der Waals surface area (Å²) in [6, 6.07) is 0.488. The van der Waals surface area contributed by atoms with E-state index in [1.54, 1.807) is 0 Å². The van der Waals surface area contributed by atoms with Crippen molar-refractivity contribution in [3.8, 4) is 0 Å². The van der Waals surface area contributed by atoms with Gasteiger partial charge in [-0.25, -0.2) is 4.98 Å². The average molecular weight is 290 g/mol. The zero-order valence-corrected chi connectivity index (χ0v) is 11.5. The minimum atomic E-state index is 0.488. The molecule has 2 rings (SSSR count). The molecule has 0 N–H and O–H groups in total. The van der Waals surface area contributed by atoms with Crippen LogP contribution in [0.1, 0.15) is 38.4 Å². The summed E-state index contributed by atoms with van der Waals surface area (Å²) in [7, 11) is 0. The molecule has 1 heterocycles. The van der Waals surface area contributed by atoms with Crippen LogP contribution in [0.25, 0.3) is 0 Å². The molecule has 1 aromatic rings. The van der Waals surface area contributed by atoms with Crippen LogP contribution in [-0.4, -0.2) is 27.3 Å². The van der Waals surface area contributed by atoms with Gasteiger partial charge in [0.15, 0.2) is 0 Å². The van der Waals surface area contributed by atoms with Crippen LogP contribution in [0.3, 0.4) is 0 Å². The van der Waals surface area contributed by atoms with Crippen LogP contribution in [0.2, 0.25) is 0 Å². The van der Waals surface area contributed by atoms with E-state index in [0.29, 0.717) is 12.0 Å². The van der Waals surface area contributed by atoms with Crippen LogP contribution in [0.5, 0.6) is 0 Å². The predicted octanol–water partition coefficient (Wildman–Crippen LogP) is 3.03. The maximum atomic E-state index is 4.62. The number of anilines is 1. The van der Waals surface area contributed by atoms with Crippen molar-refractivity contribution in [1.82, 2.24) is 9.36 Å². The molecule has 0 aromatic carbocycles. The molecule has 0 amide bonds. The van der Waals surface area contributed by atoms with Crippen LogP contribution in [0.4, 0.5) is 5.13 Å². The van der Waals surface area contributed by atoms with Gasteiger partial charge in [-0.3, -0.25) is 0 Å². The minimum Gasteiger partial charge on any atom is -0.344 e. The summed E-state index contributed by atoms with van der Waals surface area (Å²) >= 11 is 5.02. The summed E-state index contributed by atoms with van der Waals surface area (Å²) in [6.07, 6.45) is 2.55. The number of aromatic nitrogens is 2. The van der Waals surface area contributed by atoms with Gasteiger partial charge in [0.1, 0.15) is 5.82 Å². The second-order valence-electron chi connectivity index (χ2n) is 4.19. The summed E-state index contributed by atoms with van der Waals surface area (Å²) in [4.78, 5) is 6.93. The molecule has 3 nitrogen and oxygen atoms in total. The van der Waals surface area contributed by atoms with Gasteiger partial charge in [-0.2, -0.15) is 4.37 Å². The van der Waals surface area contributed by atoms with Crippen LogP contribution in [-0.2, 0) is 0 Å². The Morgan fingerprint density at radius 1 is 1.53 bits per heavy atom. The topological polar surface area (TPSA) is 29.0 Å². The molecular weight excluding hydrogens is 274 g/mol. The Labute approximate surface area is 103 Å². The molecule has 0 spiro atoms. The van der Waals surface area contributed by atoms with Gasteiger partial charge in [-0.05, 0) is 26.7 Å². The molecule has 0 unspecified atom stereocenters. The van der Waals surface area contributed by atoms with Gasteiger partial charge in [0.2, 0.25) is 5.13 Å². The lowest BCUT2D eigenvalue weighted by molar-refractivity contribution is 0.703. The largest absolute Gasteiger partial charge is 0.344 e. The Morgan fingerprint density at radius 3 is 2.80 bits per heavy atom. The van der Waals surface area contributed by atoms with Crippen molar-refractivity contribution in [1.29, 1.82) is 0 Å². The highest BCUT2D eigenvalue weighted by molar-refractivity contribution is 9.09. The van der Waals surface area contributed by atoms with Gasteiger partial charge in [0.05, 0.1) is 0 Å². The van der Waals surface area contributed by atoms with Crippen LogP contribution in [0.15, 0.2) is 0 Å². The smallest absolute Gasteiger partial charge is 0.205 e. The predicted molar refractivity (Wildman–Crippen MR) is 68.2 cm³/mol. The van der Waals surface area contributed by atoms with Gasteiger partial charge in [-0.15, -0.1) is 0 Å². The third-order valence-corrected chi connectivity index (χ3v) is 3.69. The number of rotatable bonds is 5. The lowest BCUT2D eigenvalue weighted by Crippen LogP contribution is -2.32. The maximum Gasteiger partial charge on any atom is 0.205 e. The molecule has 1 saturated carbocycles. The van der Waals surface area contributed by atoms with Crippen LogP contribution in [0, 0.1) is 0 Å². The average Bonchev–Trinajstić information content (AvgIpc) is 2.94. The van der Waals surface area contributed by atoms with E-state index in [9.17, 15) is 0 Å². The highest BCUT2D eigenvalue weighted by Crippen LogP contribution is 2.39. The van der Waals surface area contributed by atoms with Gasteiger partial charge in [-0.1, -0.05) is 15.9 Å². The summed E-state index contributed by atoms with van der Waals surface area (Å²) in [5.41, 5.74) is 0. The maximum absolute atomic E-state index is 4.62. The number of hydrogen-bond acceptors (Lipinski definition) is 4.